The summed E-state index contributed by atoms with van der Waals surface area (Å²) < 4.78 is 0. The van der Waals surface area contributed by atoms with E-state index in [0.717, 1.165) is 23.6 Å². The molecule has 1 saturated heterocycles. The van der Waals surface area contributed by atoms with Crippen molar-refractivity contribution in [1.29, 1.82) is 0 Å². The fourth-order valence-corrected chi connectivity index (χ4v) is 2.74. The molecule has 2 rings (SSSR count). The Morgan fingerprint density at radius 3 is 2.68 bits per heavy atom. The Kier molecular flexibility index (Phi) is 4.83. The molecule has 19 heavy (non-hydrogen) atoms. The predicted molar refractivity (Wildman–Crippen MR) is 79.5 cm³/mol. The number of benzene rings is 1. The predicted octanol–water partition coefficient (Wildman–Crippen LogP) is 2.69. The molecular formula is C16H26N2O. The van der Waals surface area contributed by atoms with E-state index in [1.54, 1.807) is 0 Å². The number of hydrogen-bond acceptors (Lipinski definition) is 3. The van der Waals surface area contributed by atoms with Crippen molar-refractivity contribution >= 4 is 0 Å². The molecule has 2 N–H and O–H groups in total. The fourth-order valence-electron chi connectivity index (χ4n) is 2.74. The Morgan fingerprint density at radius 2 is 2.05 bits per heavy atom. The Labute approximate surface area is 116 Å². The third-order valence-corrected chi connectivity index (χ3v) is 4.20. The van der Waals surface area contributed by atoms with Crippen LogP contribution in [-0.2, 0) is 0 Å². The first-order valence-electron chi connectivity index (χ1n) is 7.27. The number of likely N-dealkylation sites (tertiary alicyclic amines) is 1. The molecule has 3 heteroatoms. The summed E-state index contributed by atoms with van der Waals surface area (Å²) in [4.78, 5) is 2.39. The van der Waals surface area contributed by atoms with Crippen LogP contribution in [0.15, 0.2) is 18.2 Å². The lowest BCUT2D eigenvalue weighted by molar-refractivity contribution is 0.213. The highest BCUT2D eigenvalue weighted by atomic mass is 16.3. The van der Waals surface area contributed by atoms with Crippen LogP contribution in [0.5, 0.6) is 5.75 Å². The first-order valence-corrected chi connectivity index (χ1v) is 7.27. The van der Waals surface area contributed by atoms with Crippen molar-refractivity contribution < 1.29 is 5.11 Å². The van der Waals surface area contributed by atoms with Crippen molar-refractivity contribution in [2.75, 3.05) is 26.7 Å². The average molecular weight is 262 g/mol. The first-order chi connectivity index (χ1) is 9.06. The van der Waals surface area contributed by atoms with Crippen LogP contribution in [-0.4, -0.2) is 36.7 Å². The van der Waals surface area contributed by atoms with Gasteiger partial charge in [-0.3, -0.25) is 0 Å². The highest BCUT2D eigenvalue weighted by molar-refractivity contribution is 5.37. The normalized spacial score (nSPS) is 19.5. The van der Waals surface area contributed by atoms with E-state index in [4.69, 9.17) is 0 Å². The van der Waals surface area contributed by atoms with Crippen molar-refractivity contribution in [3.63, 3.8) is 0 Å². The van der Waals surface area contributed by atoms with Gasteiger partial charge < -0.3 is 15.3 Å². The average Bonchev–Trinajstić information content (AvgIpc) is 2.37. The quantitative estimate of drug-likeness (QED) is 0.876. The summed E-state index contributed by atoms with van der Waals surface area (Å²) in [6.07, 6.45) is 2.55. The lowest BCUT2D eigenvalue weighted by Gasteiger charge is -2.30. The summed E-state index contributed by atoms with van der Waals surface area (Å²) in [6.45, 7) is 7.58. The molecule has 1 heterocycles. The molecule has 0 amide bonds. The molecule has 1 aromatic carbocycles. The molecule has 0 radical (unpaired) electrons. The molecule has 0 bridgehead atoms. The van der Waals surface area contributed by atoms with Crippen LogP contribution in [0.3, 0.4) is 0 Å². The van der Waals surface area contributed by atoms with Crippen LogP contribution in [0, 0.1) is 12.8 Å². The maximum atomic E-state index is 9.99. The van der Waals surface area contributed by atoms with Gasteiger partial charge in [0.05, 0.1) is 0 Å². The van der Waals surface area contributed by atoms with Gasteiger partial charge in [-0.1, -0.05) is 12.1 Å². The van der Waals surface area contributed by atoms with Crippen LogP contribution in [0.2, 0.25) is 0 Å². The lowest BCUT2D eigenvalue weighted by Crippen LogP contribution is -2.35. The van der Waals surface area contributed by atoms with E-state index in [1.165, 1.54) is 25.9 Å². The zero-order valence-electron chi connectivity index (χ0n) is 12.3. The van der Waals surface area contributed by atoms with Crippen LogP contribution in [0.25, 0.3) is 0 Å². The molecule has 1 aliphatic rings. The van der Waals surface area contributed by atoms with Crippen molar-refractivity contribution in [3.8, 4) is 5.75 Å². The minimum Gasteiger partial charge on any atom is -0.508 e. The SMILES string of the molecule is Cc1ccc(C(C)NCC2CCN(C)CC2)c(O)c1. The third-order valence-electron chi connectivity index (χ3n) is 4.20. The summed E-state index contributed by atoms with van der Waals surface area (Å²) >= 11 is 0. The second-order valence-corrected chi connectivity index (χ2v) is 5.94. The number of rotatable bonds is 4. The van der Waals surface area contributed by atoms with E-state index in [1.807, 2.05) is 19.1 Å². The number of piperidine rings is 1. The number of aromatic hydroxyl groups is 1. The summed E-state index contributed by atoms with van der Waals surface area (Å²) in [5, 5.41) is 13.6. The van der Waals surface area contributed by atoms with Crippen LogP contribution >= 0.6 is 0 Å². The molecule has 1 aromatic rings. The summed E-state index contributed by atoms with van der Waals surface area (Å²) in [5.74, 6) is 1.18. The molecule has 106 valence electrons. The van der Waals surface area contributed by atoms with E-state index in [-0.39, 0.29) is 6.04 Å². The second-order valence-electron chi connectivity index (χ2n) is 5.94. The Balaban J connectivity index is 1.85. The lowest BCUT2D eigenvalue weighted by atomic mass is 9.96. The molecule has 0 spiro atoms. The maximum Gasteiger partial charge on any atom is 0.120 e. The molecule has 1 atom stereocenters. The largest absolute Gasteiger partial charge is 0.508 e. The number of phenolic OH excluding ortho intramolecular Hbond substituents is 1. The Bertz CT molecular complexity index is 411. The minimum absolute atomic E-state index is 0.209. The Hall–Kier alpha value is -1.06. The van der Waals surface area contributed by atoms with E-state index in [9.17, 15) is 5.11 Å². The summed E-state index contributed by atoms with van der Waals surface area (Å²) in [5.41, 5.74) is 2.10. The van der Waals surface area contributed by atoms with Crippen molar-refractivity contribution in [1.82, 2.24) is 10.2 Å². The number of aryl methyl sites for hydroxylation is 1. The fraction of sp³-hybridized carbons (Fsp3) is 0.625. The van der Waals surface area contributed by atoms with Gasteiger partial charge in [0.1, 0.15) is 5.75 Å². The standard InChI is InChI=1S/C16H26N2O/c1-12-4-5-15(16(19)10-12)13(2)17-11-14-6-8-18(3)9-7-14/h4-5,10,13-14,17,19H,6-9,11H2,1-3H3. The zero-order chi connectivity index (χ0) is 13.8. The summed E-state index contributed by atoms with van der Waals surface area (Å²) in [6, 6.07) is 6.13. The smallest absolute Gasteiger partial charge is 0.120 e. The van der Waals surface area contributed by atoms with Gasteiger partial charge in [0.2, 0.25) is 0 Å². The van der Waals surface area contributed by atoms with Gasteiger partial charge in [-0.2, -0.15) is 0 Å². The molecular weight excluding hydrogens is 236 g/mol. The van der Waals surface area contributed by atoms with Gasteiger partial charge in [-0.05, 0) is 70.9 Å². The van der Waals surface area contributed by atoms with Gasteiger partial charge in [-0.25, -0.2) is 0 Å². The van der Waals surface area contributed by atoms with Gasteiger partial charge in [0.25, 0.3) is 0 Å². The van der Waals surface area contributed by atoms with Gasteiger partial charge in [0.15, 0.2) is 0 Å². The van der Waals surface area contributed by atoms with Crippen molar-refractivity contribution in [2.24, 2.45) is 5.92 Å². The van der Waals surface area contributed by atoms with Crippen molar-refractivity contribution in [2.45, 2.75) is 32.7 Å². The first kappa shape index (κ1) is 14.4. The van der Waals surface area contributed by atoms with Gasteiger partial charge in [-0.15, -0.1) is 0 Å². The topological polar surface area (TPSA) is 35.5 Å². The number of nitrogens with zero attached hydrogens (tertiary/aromatic N) is 1. The van der Waals surface area contributed by atoms with Crippen molar-refractivity contribution in [3.05, 3.63) is 29.3 Å². The highest BCUT2D eigenvalue weighted by Crippen LogP contribution is 2.25. The number of hydrogen-bond donors (Lipinski definition) is 2. The molecule has 1 unspecified atom stereocenters. The minimum atomic E-state index is 0.209. The van der Waals surface area contributed by atoms with Crippen LogP contribution < -0.4 is 5.32 Å². The third kappa shape index (κ3) is 3.95. The molecule has 0 aromatic heterocycles. The zero-order valence-corrected chi connectivity index (χ0v) is 12.3. The second kappa shape index (κ2) is 6.40. The Morgan fingerprint density at radius 1 is 1.37 bits per heavy atom. The van der Waals surface area contributed by atoms with E-state index < -0.39 is 0 Å². The molecule has 3 nitrogen and oxygen atoms in total. The van der Waals surface area contributed by atoms with E-state index in [0.29, 0.717) is 5.75 Å². The highest BCUT2D eigenvalue weighted by Gasteiger charge is 2.18. The van der Waals surface area contributed by atoms with E-state index in [2.05, 4.69) is 30.3 Å². The number of phenols is 1. The molecule has 0 aliphatic carbocycles. The van der Waals surface area contributed by atoms with Gasteiger partial charge >= 0.3 is 0 Å². The monoisotopic (exact) mass is 262 g/mol. The number of nitrogens with one attached hydrogen (secondary N) is 1. The molecule has 1 fully saturated rings. The summed E-state index contributed by atoms with van der Waals surface area (Å²) in [7, 11) is 2.19. The van der Waals surface area contributed by atoms with Crippen LogP contribution in [0.1, 0.15) is 36.9 Å². The van der Waals surface area contributed by atoms with E-state index >= 15 is 0 Å². The van der Waals surface area contributed by atoms with Crippen LogP contribution in [0.4, 0.5) is 0 Å². The van der Waals surface area contributed by atoms with Gasteiger partial charge in [0, 0.05) is 11.6 Å². The molecule has 0 saturated carbocycles. The molecule has 1 aliphatic heterocycles. The maximum absolute atomic E-state index is 9.99.